The molecule has 1 aromatic carbocycles. The van der Waals surface area contributed by atoms with Crippen molar-refractivity contribution in [2.24, 2.45) is 0 Å². The lowest BCUT2D eigenvalue weighted by molar-refractivity contribution is -0.145. The van der Waals surface area contributed by atoms with Crippen molar-refractivity contribution in [1.82, 2.24) is 4.90 Å². The Hall–Kier alpha value is -1.39. The van der Waals surface area contributed by atoms with Crippen molar-refractivity contribution in [3.63, 3.8) is 0 Å². The molecular formula is C18H25NO3. The van der Waals surface area contributed by atoms with E-state index < -0.39 is 0 Å². The van der Waals surface area contributed by atoms with Crippen LogP contribution in [0.2, 0.25) is 0 Å². The first-order valence-corrected chi connectivity index (χ1v) is 8.28. The summed E-state index contributed by atoms with van der Waals surface area (Å²) in [4.78, 5) is 14.1. The molecule has 0 radical (unpaired) electrons. The molecule has 1 aromatic rings. The van der Waals surface area contributed by atoms with Gasteiger partial charge in [0.25, 0.3) is 0 Å². The first-order chi connectivity index (χ1) is 10.8. The van der Waals surface area contributed by atoms with Gasteiger partial charge in [-0.05, 0) is 49.9 Å². The molecule has 0 bridgehead atoms. The number of fused-ring (bicyclic) bond motifs is 1. The normalized spacial score (nSPS) is 25.0. The number of benzene rings is 1. The molecule has 0 N–H and O–H groups in total. The highest BCUT2D eigenvalue weighted by molar-refractivity contribution is 5.69. The summed E-state index contributed by atoms with van der Waals surface area (Å²) in [5, 5.41) is 0. The number of likely N-dealkylation sites (tertiary alicyclic amines) is 1. The number of rotatable bonds is 5. The molecular weight excluding hydrogens is 278 g/mol. The summed E-state index contributed by atoms with van der Waals surface area (Å²) in [6.45, 7) is 3.49. The number of carbonyl (C=O) groups excluding carboxylic acids is 1. The highest BCUT2D eigenvalue weighted by Crippen LogP contribution is 2.34. The van der Waals surface area contributed by atoms with Gasteiger partial charge in [0.1, 0.15) is 0 Å². The molecule has 120 valence electrons. The third kappa shape index (κ3) is 3.68. The Kier molecular flexibility index (Phi) is 5.11. The van der Waals surface area contributed by atoms with E-state index in [-0.39, 0.29) is 18.2 Å². The van der Waals surface area contributed by atoms with Crippen LogP contribution in [0.4, 0.5) is 0 Å². The molecule has 2 aliphatic heterocycles. The van der Waals surface area contributed by atoms with E-state index in [1.165, 1.54) is 44.2 Å². The van der Waals surface area contributed by atoms with Crippen LogP contribution < -0.4 is 0 Å². The van der Waals surface area contributed by atoms with Crippen LogP contribution in [0.25, 0.3) is 0 Å². The van der Waals surface area contributed by atoms with Gasteiger partial charge in [0, 0.05) is 6.54 Å². The third-order valence-corrected chi connectivity index (χ3v) is 4.73. The minimum atomic E-state index is -0.192. The molecule has 22 heavy (non-hydrogen) atoms. The Balaban J connectivity index is 1.67. The van der Waals surface area contributed by atoms with E-state index in [2.05, 4.69) is 29.2 Å². The van der Waals surface area contributed by atoms with E-state index in [0.29, 0.717) is 6.42 Å². The molecule has 2 aliphatic rings. The van der Waals surface area contributed by atoms with Crippen molar-refractivity contribution < 1.29 is 14.3 Å². The van der Waals surface area contributed by atoms with Crippen LogP contribution in [0.15, 0.2) is 24.3 Å². The molecule has 0 amide bonds. The first kappa shape index (κ1) is 15.5. The second-order valence-corrected chi connectivity index (χ2v) is 6.27. The van der Waals surface area contributed by atoms with Gasteiger partial charge in [0.2, 0.25) is 0 Å². The highest BCUT2D eigenvalue weighted by Gasteiger charge is 2.29. The Bertz CT molecular complexity index is 511. The maximum atomic E-state index is 11.6. The van der Waals surface area contributed by atoms with E-state index >= 15 is 0 Å². The molecule has 0 unspecified atom stereocenters. The van der Waals surface area contributed by atoms with Crippen LogP contribution in [0.5, 0.6) is 0 Å². The smallest absolute Gasteiger partial charge is 0.308 e. The fraction of sp³-hybridized carbons (Fsp3) is 0.611. The standard InChI is InChI=1S/C18H25NO3/c1-21-18(20)13-15-12-14-6-2-3-7-16(14)17(22-15)8-11-19-9-4-5-10-19/h2-3,6-7,15,17H,4-5,8-13H2,1H3/t15-,17-/m0/s1. The second kappa shape index (κ2) is 7.25. The number of esters is 1. The van der Waals surface area contributed by atoms with Crippen molar-refractivity contribution in [3.05, 3.63) is 35.4 Å². The van der Waals surface area contributed by atoms with Gasteiger partial charge in [-0.3, -0.25) is 4.79 Å². The van der Waals surface area contributed by atoms with E-state index in [0.717, 1.165) is 19.4 Å². The fourth-order valence-electron chi connectivity index (χ4n) is 3.55. The van der Waals surface area contributed by atoms with Gasteiger partial charge in [-0.15, -0.1) is 0 Å². The van der Waals surface area contributed by atoms with Gasteiger partial charge in [-0.25, -0.2) is 0 Å². The summed E-state index contributed by atoms with van der Waals surface area (Å²) in [7, 11) is 1.43. The molecule has 0 saturated carbocycles. The van der Waals surface area contributed by atoms with Crippen molar-refractivity contribution in [1.29, 1.82) is 0 Å². The zero-order chi connectivity index (χ0) is 15.4. The predicted octanol–water partition coefficient (Wildman–Crippen LogP) is 2.72. The lowest BCUT2D eigenvalue weighted by atomic mass is 9.91. The highest BCUT2D eigenvalue weighted by atomic mass is 16.5. The SMILES string of the molecule is COC(=O)C[C@@H]1Cc2ccccc2[C@H](CCN2CCCC2)O1. The lowest BCUT2D eigenvalue weighted by Crippen LogP contribution is -2.31. The number of hydrogen-bond donors (Lipinski definition) is 0. The fourth-order valence-corrected chi connectivity index (χ4v) is 3.55. The number of methoxy groups -OCH3 is 1. The van der Waals surface area contributed by atoms with Crippen LogP contribution in [0, 0.1) is 0 Å². The van der Waals surface area contributed by atoms with E-state index in [1.54, 1.807) is 0 Å². The van der Waals surface area contributed by atoms with Crippen LogP contribution in [-0.2, 0) is 20.7 Å². The van der Waals surface area contributed by atoms with Gasteiger partial charge in [-0.2, -0.15) is 0 Å². The molecule has 4 nitrogen and oxygen atoms in total. The number of hydrogen-bond acceptors (Lipinski definition) is 4. The number of ether oxygens (including phenoxy) is 2. The van der Waals surface area contributed by atoms with E-state index in [9.17, 15) is 4.79 Å². The Morgan fingerprint density at radius 2 is 2.09 bits per heavy atom. The Morgan fingerprint density at radius 1 is 1.32 bits per heavy atom. The van der Waals surface area contributed by atoms with Crippen molar-refractivity contribution in [2.75, 3.05) is 26.7 Å². The zero-order valence-corrected chi connectivity index (χ0v) is 13.3. The summed E-state index contributed by atoms with van der Waals surface area (Å²) in [5.74, 6) is -0.192. The quantitative estimate of drug-likeness (QED) is 0.784. The number of nitrogens with zero attached hydrogens (tertiary/aromatic N) is 1. The first-order valence-electron chi connectivity index (χ1n) is 8.28. The van der Waals surface area contributed by atoms with Gasteiger partial charge < -0.3 is 14.4 Å². The predicted molar refractivity (Wildman–Crippen MR) is 84.7 cm³/mol. The molecule has 4 heteroatoms. The van der Waals surface area contributed by atoms with Crippen molar-refractivity contribution >= 4 is 5.97 Å². The maximum absolute atomic E-state index is 11.6. The Labute approximate surface area is 132 Å². The molecule has 0 spiro atoms. The van der Waals surface area contributed by atoms with Crippen LogP contribution >= 0.6 is 0 Å². The van der Waals surface area contributed by atoms with E-state index in [4.69, 9.17) is 9.47 Å². The largest absolute Gasteiger partial charge is 0.469 e. The monoisotopic (exact) mass is 303 g/mol. The van der Waals surface area contributed by atoms with Crippen LogP contribution in [0.1, 0.15) is 42.9 Å². The summed E-state index contributed by atoms with van der Waals surface area (Å²) in [5.41, 5.74) is 2.61. The molecule has 0 aliphatic carbocycles. The topological polar surface area (TPSA) is 38.8 Å². The number of carbonyl (C=O) groups is 1. The molecule has 1 fully saturated rings. The minimum absolute atomic E-state index is 0.0640. The van der Waals surface area contributed by atoms with Gasteiger partial charge in [0.05, 0.1) is 25.7 Å². The van der Waals surface area contributed by atoms with Crippen molar-refractivity contribution in [2.45, 2.75) is 44.3 Å². The van der Waals surface area contributed by atoms with Crippen LogP contribution in [0.3, 0.4) is 0 Å². The summed E-state index contributed by atoms with van der Waals surface area (Å²) < 4.78 is 11.0. The molecule has 3 rings (SSSR count). The lowest BCUT2D eigenvalue weighted by Gasteiger charge is -2.33. The maximum Gasteiger partial charge on any atom is 0.308 e. The molecule has 0 aromatic heterocycles. The third-order valence-electron chi connectivity index (χ3n) is 4.73. The summed E-state index contributed by atoms with van der Waals surface area (Å²) in [6.07, 6.45) is 4.79. The average Bonchev–Trinajstić information content (AvgIpc) is 3.06. The van der Waals surface area contributed by atoms with Gasteiger partial charge in [-0.1, -0.05) is 24.3 Å². The van der Waals surface area contributed by atoms with Crippen LogP contribution in [-0.4, -0.2) is 43.7 Å². The average molecular weight is 303 g/mol. The van der Waals surface area contributed by atoms with Gasteiger partial charge >= 0.3 is 5.97 Å². The second-order valence-electron chi connectivity index (χ2n) is 6.27. The summed E-state index contributed by atoms with van der Waals surface area (Å²) >= 11 is 0. The van der Waals surface area contributed by atoms with Gasteiger partial charge in [0.15, 0.2) is 0 Å². The molecule has 2 heterocycles. The molecule has 2 atom stereocenters. The van der Waals surface area contributed by atoms with Crippen molar-refractivity contribution in [3.8, 4) is 0 Å². The minimum Gasteiger partial charge on any atom is -0.469 e. The zero-order valence-electron chi connectivity index (χ0n) is 13.3. The Morgan fingerprint density at radius 3 is 2.86 bits per heavy atom. The molecule has 1 saturated heterocycles. The summed E-state index contributed by atoms with van der Waals surface area (Å²) in [6, 6.07) is 8.46. The van der Waals surface area contributed by atoms with E-state index in [1.807, 2.05) is 0 Å².